The number of anilines is 2. The largest absolute Gasteiger partial charge is 0.369 e. The van der Waals surface area contributed by atoms with Gasteiger partial charge in [-0.1, -0.05) is 34.5 Å². The highest BCUT2D eigenvalue weighted by Crippen LogP contribution is 2.47. The molecule has 0 bridgehead atoms. The second kappa shape index (κ2) is 6.94. The van der Waals surface area contributed by atoms with Crippen LogP contribution in [0.5, 0.6) is 0 Å². The van der Waals surface area contributed by atoms with E-state index in [4.69, 9.17) is 28.9 Å². The number of hydrogen-bond donors (Lipinski definition) is 2. The van der Waals surface area contributed by atoms with Crippen molar-refractivity contribution in [2.45, 2.75) is 11.8 Å². The lowest BCUT2D eigenvalue weighted by Crippen LogP contribution is -2.41. The summed E-state index contributed by atoms with van der Waals surface area (Å²) in [4.78, 5) is 32.0. The number of nitrogens with two attached hydrogens (primary N) is 1. The zero-order valence-electron chi connectivity index (χ0n) is 14.2. The van der Waals surface area contributed by atoms with Gasteiger partial charge < -0.3 is 5.73 Å². The Morgan fingerprint density at radius 2 is 2.15 bits per heavy atom. The maximum atomic E-state index is 12.9. The number of aromatic nitrogens is 1. The topological polar surface area (TPSA) is 91.6 Å². The van der Waals surface area contributed by atoms with Gasteiger partial charge in [0, 0.05) is 29.2 Å². The summed E-state index contributed by atoms with van der Waals surface area (Å²) in [5.74, 6) is -0.355. The first-order valence-corrected chi connectivity index (χ1v) is 9.94. The molecular weight excluding hydrogens is 409 g/mol. The number of amides is 3. The molecule has 3 heterocycles. The normalized spacial score (nSPS) is 21.6. The fraction of sp³-hybridized carbons (Fsp3) is 0.353. The standard InChI is InChI=1S/C17H17Cl2N5O2S/c18-10-1-2-12-11(5-10)17(3-4-23(8-17)7-14(20)25)9-24(12)16(26)22-15-21-6-13(19)27-15/h1-2,5-6H,3-4,7-9H2,(H2,20,25)(H,21,22,26). The highest BCUT2D eigenvalue weighted by atomic mass is 35.5. The number of carbonyl (C=O) groups is 2. The molecule has 1 aromatic carbocycles. The fourth-order valence-electron chi connectivity index (χ4n) is 3.96. The number of fused-ring (bicyclic) bond motifs is 2. The number of carbonyl (C=O) groups excluding carboxylic acids is 2. The molecule has 7 nitrogen and oxygen atoms in total. The molecule has 1 spiro atoms. The van der Waals surface area contributed by atoms with E-state index in [1.165, 1.54) is 17.5 Å². The molecule has 3 N–H and O–H groups in total. The monoisotopic (exact) mass is 425 g/mol. The van der Waals surface area contributed by atoms with E-state index in [1.54, 1.807) is 11.0 Å². The summed E-state index contributed by atoms with van der Waals surface area (Å²) in [5.41, 5.74) is 6.92. The molecule has 1 aromatic heterocycles. The van der Waals surface area contributed by atoms with Crippen molar-refractivity contribution < 1.29 is 9.59 Å². The van der Waals surface area contributed by atoms with Gasteiger partial charge in [-0.2, -0.15) is 0 Å². The van der Waals surface area contributed by atoms with Gasteiger partial charge in [-0.05, 0) is 36.7 Å². The number of hydrogen-bond acceptors (Lipinski definition) is 5. The van der Waals surface area contributed by atoms with Crippen LogP contribution < -0.4 is 16.0 Å². The molecule has 3 amide bonds. The van der Waals surface area contributed by atoms with Crippen LogP contribution in [-0.2, 0) is 10.2 Å². The van der Waals surface area contributed by atoms with Crippen molar-refractivity contribution in [3.8, 4) is 0 Å². The lowest BCUT2D eigenvalue weighted by Gasteiger charge is -2.25. The third-order valence-corrected chi connectivity index (χ3v) is 6.30. The minimum Gasteiger partial charge on any atom is -0.369 e. The van der Waals surface area contributed by atoms with Crippen LogP contribution in [0.25, 0.3) is 0 Å². The molecule has 1 fully saturated rings. The molecule has 142 valence electrons. The van der Waals surface area contributed by atoms with Crippen molar-refractivity contribution in [3.63, 3.8) is 0 Å². The van der Waals surface area contributed by atoms with Crippen LogP contribution in [0.2, 0.25) is 9.36 Å². The molecule has 2 aliphatic rings. The Morgan fingerprint density at radius 3 is 2.85 bits per heavy atom. The molecule has 1 saturated heterocycles. The minimum atomic E-state index is -0.355. The highest BCUT2D eigenvalue weighted by molar-refractivity contribution is 7.19. The molecule has 4 rings (SSSR count). The highest BCUT2D eigenvalue weighted by Gasteiger charge is 2.49. The average molecular weight is 426 g/mol. The van der Waals surface area contributed by atoms with Crippen LogP contribution >= 0.6 is 34.5 Å². The van der Waals surface area contributed by atoms with Gasteiger partial charge in [0.05, 0.1) is 12.7 Å². The number of thiazole rings is 1. The van der Waals surface area contributed by atoms with E-state index in [9.17, 15) is 9.59 Å². The summed E-state index contributed by atoms with van der Waals surface area (Å²) in [6.45, 7) is 2.10. The molecular formula is C17H17Cl2N5O2S. The Balaban J connectivity index is 1.62. The first-order valence-electron chi connectivity index (χ1n) is 8.37. The van der Waals surface area contributed by atoms with E-state index in [0.29, 0.717) is 27.6 Å². The van der Waals surface area contributed by atoms with Gasteiger partial charge in [-0.25, -0.2) is 9.78 Å². The zero-order chi connectivity index (χ0) is 19.2. The molecule has 0 aliphatic carbocycles. The third kappa shape index (κ3) is 3.50. The van der Waals surface area contributed by atoms with E-state index >= 15 is 0 Å². The summed E-state index contributed by atoms with van der Waals surface area (Å²) < 4.78 is 0.508. The van der Waals surface area contributed by atoms with E-state index in [0.717, 1.165) is 24.2 Å². The smallest absolute Gasteiger partial charge is 0.328 e. The van der Waals surface area contributed by atoms with Crippen LogP contribution in [0, 0.1) is 0 Å². The Kier molecular flexibility index (Phi) is 4.75. The summed E-state index contributed by atoms with van der Waals surface area (Å²) in [6.07, 6.45) is 2.32. The van der Waals surface area contributed by atoms with Gasteiger partial charge in [0.15, 0.2) is 5.13 Å². The van der Waals surface area contributed by atoms with Crippen LogP contribution in [0.4, 0.5) is 15.6 Å². The Morgan fingerprint density at radius 1 is 1.33 bits per heavy atom. The molecule has 10 heteroatoms. The molecule has 27 heavy (non-hydrogen) atoms. The van der Waals surface area contributed by atoms with Crippen LogP contribution in [-0.4, -0.2) is 48.0 Å². The van der Waals surface area contributed by atoms with E-state index in [1.807, 2.05) is 17.0 Å². The second-order valence-corrected chi connectivity index (χ2v) is 8.95. The average Bonchev–Trinajstić information content (AvgIpc) is 3.27. The molecule has 2 aromatic rings. The number of likely N-dealkylation sites (tertiary alicyclic amines) is 1. The number of urea groups is 1. The van der Waals surface area contributed by atoms with E-state index in [-0.39, 0.29) is 23.9 Å². The predicted molar refractivity (Wildman–Crippen MR) is 107 cm³/mol. The second-order valence-electron chi connectivity index (χ2n) is 6.85. The lowest BCUT2D eigenvalue weighted by atomic mass is 9.81. The molecule has 2 aliphatic heterocycles. The quantitative estimate of drug-likeness (QED) is 0.790. The van der Waals surface area contributed by atoms with Gasteiger partial charge in [0.2, 0.25) is 5.91 Å². The Labute approximate surface area is 170 Å². The van der Waals surface area contributed by atoms with Crippen molar-refractivity contribution in [2.75, 3.05) is 36.4 Å². The third-order valence-electron chi connectivity index (χ3n) is 5.03. The lowest BCUT2D eigenvalue weighted by molar-refractivity contribution is -0.118. The minimum absolute atomic E-state index is 0.210. The van der Waals surface area contributed by atoms with Gasteiger partial charge in [-0.3, -0.25) is 19.9 Å². The molecule has 1 atom stereocenters. The Hall–Kier alpha value is -1.87. The predicted octanol–water partition coefficient (Wildman–Crippen LogP) is 2.93. The maximum absolute atomic E-state index is 12.9. The SMILES string of the molecule is NC(=O)CN1CCC2(C1)CN(C(=O)Nc1ncc(Cl)s1)c1ccc(Cl)cc12. The molecule has 0 radical (unpaired) electrons. The van der Waals surface area contributed by atoms with Gasteiger partial charge in [-0.15, -0.1) is 0 Å². The van der Waals surface area contributed by atoms with E-state index in [2.05, 4.69) is 10.3 Å². The number of benzene rings is 1. The van der Waals surface area contributed by atoms with Crippen LogP contribution in [0.3, 0.4) is 0 Å². The van der Waals surface area contributed by atoms with Crippen molar-refractivity contribution in [2.24, 2.45) is 5.73 Å². The first-order chi connectivity index (χ1) is 12.9. The fourth-order valence-corrected chi connectivity index (χ4v) is 4.93. The summed E-state index contributed by atoms with van der Waals surface area (Å²) >= 11 is 13.3. The first kappa shape index (κ1) is 18.5. The number of halogens is 2. The number of nitrogens with one attached hydrogen (secondary N) is 1. The number of primary amides is 1. The van der Waals surface area contributed by atoms with Gasteiger partial charge in [0.25, 0.3) is 0 Å². The summed E-state index contributed by atoms with van der Waals surface area (Å²) in [7, 11) is 0. The van der Waals surface area contributed by atoms with Gasteiger partial charge in [0.1, 0.15) is 4.34 Å². The van der Waals surface area contributed by atoms with Crippen molar-refractivity contribution in [3.05, 3.63) is 39.3 Å². The van der Waals surface area contributed by atoms with Gasteiger partial charge >= 0.3 is 6.03 Å². The van der Waals surface area contributed by atoms with E-state index < -0.39 is 0 Å². The number of nitrogens with zero attached hydrogens (tertiary/aromatic N) is 3. The summed E-state index contributed by atoms with van der Waals surface area (Å²) in [6, 6.07) is 5.28. The Bertz CT molecular complexity index is 920. The van der Waals surface area contributed by atoms with Crippen LogP contribution in [0.1, 0.15) is 12.0 Å². The zero-order valence-corrected chi connectivity index (χ0v) is 16.6. The maximum Gasteiger partial charge on any atom is 0.328 e. The van der Waals surface area contributed by atoms with Crippen molar-refractivity contribution in [1.29, 1.82) is 0 Å². The molecule has 1 unspecified atom stereocenters. The van der Waals surface area contributed by atoms with Crippen molar-refractivity contribution in [1.82, 2.24) is 9.88 Å². The number of rotatable bonds is 3. The molecule has 0 saturated carbocycles. The van der Waals surface area contributed by atoms with Crippen molar-refractivity contribution >= 4 is 57.3 Å². The summed E-state index contributed by atoms with van der Waals surface area (Å²) in [5, 5.41) is 3.87. The van der Waals surface area contributed by atoms with Crippen LogP contribution in [0.15, 0.2) is 24.4 Å².